The second-order valence-electron chi connectivity index (χ2n) is 9.34. The summed E-state index contributed by atoms with van der Waals surface area (Å²) >= 11 is 1.17. The van der Waals surface area contributed by atoms with E-state index in [9.17, 15) is 9.59 Å². The molecule has 38 heavy (non-hydrogen) atoms. The van der Waals surface area contributed by atoms with Crippen LogP contribution >= 0.6 is 11.8 Å². The molecule has 0 saturated carbocycles. The predicted molar refractivity (Wildman–Crippen MR) is 149 cm³/mol. The summed E-state index contributed by atoms with van der Waals surface area (Å²) in [7, 11) is 0. The lowest BCUT2D eigenvalue weighted by molar-refractivity contribution is -0.133. The minimum Gasteiger partial charge on any atom is -0.378 e. The van der Waals surface area contributed by atoms with E-state index in [-0.39, 0.29) is 23.7 Å². The highest BCUT2D eigenvalue weighted by atomic mass is 32.2. The van der Waals surface area contributed by atoms with Gasteiger partial charge in [-0.05, 0) is 42.0 Å². The lowest BCUT2D eigenvalue weighted by Gasteiger charge is -2.26. The van der Waals surface area contributed by atoms with Gasteiger partial charge in [-0.25, -0.2) is 0 Å². The molecule has 192 valence electrons. The number of hydrogen-bond acceptors (Lipinski definition) is 6. The van der Waals surface area contributed by atoms with Crippen LogP contribution < -0.4 is 0 Å². The summed E-state index contributed by atoms with van der Waals surface area (Å²) in [6, 6.07) is 16.3. The van der Waals surface area contributed by atoms with E-state index in [1.54, 1.807) is 11.0 Å². The molecule has 0 bridgehead atoms. The molecular weight excluding hydrogens is 500 g/mol. The van der Waals surface area contributed by atoms with E-state index in [2.05, 4.69) is 39.8 Å². The van der Waals surface area contributed by atoms with Crippen LogP contribution in [0.4, 0.5) is 0 Å². The number of aromatic nitrogens is 1. The van der Waals surface area contributed by atoms with Crippen LogP contribution in [0, 0.1) is 12.3 Å². The van der Waals surface area contributed by atoms with E-state index in [1.165, 1.54) is 27.9 Å². The van der Waals surface area contributed by atoms with Crippen molar-refractivity contribution in [3.63, 3.8) is 0 Å². The molecule has 0 spiro atoms. The van der Waals surface area contributed by atoms with Gasteiger partial charge in [0.05, 0.1) is 25.2 Å². The largest absolute Gasteiger partial charge is 0.378 e. The molecule has 9 nitrogen and oxygen atoms in total. The van der Waals surface area contributed by atoms with Crippen molar-refractivity contribution in [2.75, 3.05) is 26.3 Å². The van der Waals surface area contributed by atoms with Crippen LogP contribution in [0.2, 0.25) is 0 Å². The molecule has 0 unspecified atom stereocenters. The Morgan fingerprint density at radius 2 is 1.89 bits per heavy atom. The summed E-state index contributed by atoms with van der Waals surface area (Å²) in [5.74, 6) is -0.576. The maximum absolute atomic E-state index is 13.0. The van der Waals surface area contributed by atoms with Crippen molar-refractivity contribution in [1.29, 1.82) is 5.41 Å². The summed E-state index contributed by atoms with van der Waals surface area (Å²) in [5, 5.41) is 16.4. The highest BCUT2D eigenvalue weighted by molar-refractivity contribution is 8.27. The van der Waals surface area contributed by atoms with E-state index in [4.69, 9.17) is 10.1 Å². The molecule has 1 fully saturated rings. The number of amidine groups is 2. The lowest BCUT2D eigenvalue weighted by Crippen LogP contribution is -2.41. The van der Waals surface area contributed by atoms with Crippen molar-refractivity contribution in [3.8, 4) is 0 Å². The summed E-state index contributed by atoms with van der Waals surface area (Å²) in [4.78, 5) is 31.6. The maximum Gasteiger partial charge on any atom is 0.283 e. The Bertz CT molecular complexity index is 1560. The second-order valence-corrected chi connectivity index (χ2v) is 10.4. The highest BCUT2D eigenvalue weighted by Crippen LogP contribution is 2.31. The summed E-state index contributed by atoms with van der Waals surface area (Å²) in [6.45, 7) is 4.95. The zero-order valence-electron chi connectivity index (χ0n) is 20.9. The minimum atomic E-state index is -0.486. The molecule has 0 radical (unpaired) electrons. The van der Waals surface area contributed by atoms with Crippen molar-refractivity contribution in [1.82, 2.24) is 14.5 Å². The molecule has 6 rings (SSSR count). The fourth-order valence-electron chi connectivity index (χ4n) is 4.80. The first kappa shape index (κ1) is 24.3. The van der Waals surface area contributed by atoms with Gasteiger partial charge in [-0.2, -0.15) is 15.1 Å². The van der Waals surface area contributed by atoms with Crippen LogP contribution in [0.1, 0.15) is 23.1 Å². The second kappa shape index (κ2) is 10.0. The maximum atomic E-state index is 13.0. The number of para-hydroxylation sites is 1. The Hall–Kier alpha value is -4.02. The van der Waals surface area contributed by atoms with Gasteiger partial charge in [-0.15, -0.1) is 0 Å². The topological polar surface area (TPSA) is 103 Å². The molecule has 4 heterocycles. The van der Waals surface area contributed by atoms with Gasteiger partial charge in [0.2, 0.25) is 11.1 Å². The average Bonchev–Trinajstić information content (AvgIpc) is 3.49. The number of benzene rings is 2. The number of aliphatic imine (C=N–C) groups is 1. The van der Waals surface area contributed by atoms with Crippen LogP contribution in [0.3, 0.4) is 0 Å². The van der Waals surface area contributed by atoms with Crippen molar-refractivity contribution >= 4 is 56.6 Å². The van der Waals surface area contributed by atoms with Crippen molar-refractivity contribution in [3.05, 3.63) is 77.0 Å². The SMILES string of the molecule is Cc1ccccc1Cn1cc(C=C2C(=N)N3N=C(CC(=O)N4CCOCC4)SC3=NC2=O)c2ccccc21. The fourth-order valence-corrected chi connectivity index (χ4v) is 5.68. The standard InChI is InChI=1S/C28H26N6O3S/c1-18-6-2-3-7-19(18)16-33-17-20(21-8-4-5-9-23(21)33)14-22-26(29)34-28(30-27(22)36)38-24(31-34)15-25(35)32-10-12-37-13-11-32/h2-9,14,17,29H,10-13,15-16H2,1H3. The third kappa shape index (κ3) is 4.57. The smallest absolute Gasteiger partial charge is 0.283 e. The summed E-state index contributed by atoms with van der Waals surface area (Å²) in [6.07, 6.45) is 3.84. The Morgan fingerprint density at radius 3 is 2.71 bits per heavy atom. The van der Waals surface area contributed by atoms with E-state index in [1.807, 2.05) is 36.5 Å². The number of morpholine rings is 1. The Balaban J connectivity index is 1.28. The average molecular weight is 527 g/mol. The van der Waals surface area contributed by atoms with Crippen LogP contribution in [0.15, 0.2) is 70.4 Å². The van der Waals surface area contributed by atoms with Crippen molar-refractivity contribution in [2.45, 2.75) is 19.9 Å². The Labute approximate surface area is 224 Å². The van der Waals surface area contributed by atoms with Gasteiger partial charge in [0, 0.05) is 42.3 Å². The van der Waals surface area contributed by atoms with Gasteiger partial charge < -0.3 is 14.2 Å². The molecule has 0 aliphatic carbocycles. The number of nitrogens with zero attached hydrogens (tertiary/aromatic N) is 5. The number of carbonyl (C=O) groups is 2. The van der Waals surface area contributed by atoms with E-state index in [0.717, 1.165) is 16.5 Å². The van der Waals surface area contributed by atoms with Gasteiger partial charge in [-0.1, -0.05) is 42.5 Å². The first-order valence-electron chi connectivity index (χ1n) is 12.4. The molecule has 1 aromatic heterocycles. The number of nitrogens with one attached hydrogen (secondary N) is 1. The van der Waals surface area contributed by atoms with Gasteiger partial charge in [0.25, 0.3) is 5.91 Å². The molecular formula is C28H26N6O3S. The number of carbonyl (C=O) groups excluding carboxylic acids is 2. The molecule has 1 saturated heterocycles. The Morgan fingerprint density at radius 1 is 1.13 bits per heavy atom. The van der Waals surface area contributed by atoms with E-state index in [0.29, 0.717) is 43.1 Å². The van der Waals surface area contributed by atoms with Crippen molar-refractivity contribution in [2.24, 2.45) is 10.1 Å². The van der Waals surface area contributed by atoms with Gasteiger partial charge >= 0.3 is 0 Å². The fraction of sp³-hybridized carbons (Fsp3) is 0.250. The lowest BCUT2D eigenvalue weighted by atomic mass is 10.1. The first-order valence-corrected chi connectivity index (χ1v) is 13.3. The third-order valence-electron chi connectivity index (χ3n) is 6.88. The van der Waals surface area contributed by atoms with Crippen LogP contribution in [-0.2, 0) is 20.9 Å². The third-order valence-corrected chi connectivity index (χ3v) is 7.79. The summed E-state index contributed by atoms with van der Waals surface area (Å²) in [5.41, 5.74) is 4.46. The van der Waals surface area contributed by atoms with E-state index >= 15 is 0 Å². The van der Waals surface area contributed by atoms with E-state index < -0.39 is 5.91 Å². The Kier molecular flexibility index (Phi) is 6.42. The minimum absolute atomic E-state index is 0.0444. The number of fused-ring (bicyclic) bond motifs is 2. The zero-order valence-corrected chi connectivity index (χ0v) is 21.7. The molecule has 3 aromatic rings. The van der Waals surface area contributed by atoms with Crippen molar-refractivity contribution < 1.29 is 14.3 Å². The summed E-state index contributed by atoms with van der Waals surface area (Å²) < 4.78 is 7.48. The highest BCUT2D eigenvalue weighted by Gasteiger charge is 2.36. The molecule has 3 aliphatic rings. The molecule has 2 aromatic carbocycles. The number of hydrogen-bond donors (Lipinski definition) is 1. The number of rotatable bonds is 5. The molecule has 3 aliphatic heterocycles. The van der Waals surface area contributed by atoms with Crippen LogP contribution in [0.5, 0.6) is 0 Å². The quantitative estimate of drug-likeness (QED) is 0.509. The number of aryl methyl sites for hydroxylation is 1. The number of ether oxygens (including phenoxy) is 1. The van der Waals surface area contributed by atoms with Crippen LogP contribution in [-0.4, -0.2) is 68.6 Å². The first-order chi connectivity index (χ1) is 18.5. The molecule has 0 atom stereocenters. The van der Waals surface area contributed by atoms with Gasteiger partial charge in [0.1, 0.15) is 5.04 Å². The van der Waals surface area contributed by atoms with Gasteiger partial charge in [-0.3, -0.25) is 15.0 Å². The van der Waals surface area contributed by atoms with Crippen LogP contribution in [0.25, 0.3) is 17.0 Å². The molecule has 2 amide bonds. The monoisotopic (exact) mass is 526 g/mol. The normalized spacial score (nSPS) is 18.7. The number of hydrazone groups is 1. The predicted octanol–water partition coefficient (Wildman–Crippen LogP) is 3.87. The number of amides is 2. The molecule has 1 N–H and O–H groups in total. The molecule has 10 heteroatoms. The number of thioether (sulfide) groups is 1. The van der Waals surface area contributed by atoms with Gasteiger partial charge in [0.15, 0.2) is 5.84 Å². The zero-order chi connectivity index (χ0) is 26.2.